The summed E-state index contributed by atoms with van der Waals surface area (Å²) in [7, 11) is 0. The van der Waals surface area contributed by atoms with E-state index in [0.717, 1.165) is 17.5 Å². The lowest BCUT2D eigenvalue weighted by atomic mass is 9.97. The van der Waals surface area contributed by atoms with Gasteiger partial charge in [-0.2, -0.15) is 26.3 Å². The van der Waals surface area contributed by atoms with Gasteiger partial charge in [0, 0.05) is 36.5 Å². The lowest BCUT2D eigenvalue weighted by molar-refractivity contribution is -0.161. The SMILES string of the molecule is O=C(c1nnn(Cc2cc(C(F)(F)F)cc(C(F)(F)F)c2)c1-c1cccnc1)c1c(CCOC2CCCCO2)noc1-c1ccccc1Cl. The van der Waals surface area contributed by atoms with Crippen molar-refractivity contribution in [2.75, 3.05) is 13.2 Å². The number of ketones is 1. The summed E-state index contributed by atoms with van der Waals surface area (Å²) in [5.41, 5.74) is -2.83. The van der Waals surface area contributed by atoms with Gasteiger partial charge >= 0.3 is 12.4 Å². The van der Waals surface area contributed by atoms with Crippen LogP contribution in [0, 0.1) is 0 Å². The Morgan fingerprint density at radius 2 is 1.76 bits per heavy atom. The molecule has 2 aromatic carbocycles. The number of alkyl halides is 6. The second kappa shape index (κ2) is 14.1. The molecule has 49 heavy (non-hydrogen) atoms. The molecule has 0 radical (unpaired) electrons. The summed E-state index contributed by atoms with van der Waals surface area (Å²) in [6, 6.07) is 10.9. The Labute approximate surface area is 279 Å². The zero-order valence-electron chi connectivity index (χ0n) is 25.4. The van der Waals surface area contributed by atoms with Crippen LogP contribution in [0.2, 0.25) is 5.02 Å². The first-order chi connectivity index (χ1) is 23.4. The molecule has 1 aliphatic heterocycles. The molecule has 4 heterocycles. The Hall–Kier alpha value is -4.60. The number of pyridine rings is 1. The van der Waals surface area contributed by atoms with Crippen molar-refractivity contribution >= 4 is 17.4 Å². The summed E-state index contributed by atoms with van der Waals surface area (Å²) in [5, 5.41) is 12.5. The Kier molecular flexibility index (Phi) is 9.86. The average Bonchev–Trinajstić information content (AvgIpc) is 3.69. The minimum absolute atomic E-state index is 0.00631. The van der Waals surface area contributed by atoms with Crippen molar-refractivity contribution in [3.05, 3.63) is 106 Å². The van der Waals surface area contributed by atoms with Crippen LogP contribution in [0.4, 0.5) is 26.3 Å². The Balaban J connectivity index is 1.43. The topological polar surface area (TPSA) is 105 Å². The van der Waals surface area contributed by atoms with Crippen molar-refractivity contribution in [1.29, 1.82) is 0 Å². The summed E-state index contributed by atoms with van der Waals surface area (Å²) in [5.74, 6) is -0.705. The van der Waals surface area contributed by atoms with Crippen LogP contribution in [-0.2, 0) is 34.8 Å². The minimum atomic E-state index is -5.06. The fraction of sp³-hybridized carbons (Fsp3) is 0.303. The quantitative estimate of drug-likeness (QED) is 0.106. The number of rotatable bonds is 10. The predicted molar refractivity (Wildman–Crippen MR) is 162 cm³/mol. The molecule has 16 heteroatoms. The van der Waals surface area contributed by atoms with Crippen LogP contribution < -0.4 is 0 Å². The molecule has 5 aromatic rings. The largest absolute Gasteiger partial charge is 0.416 e. The van der Waals surface area contributed by atoms with Crippen LogP contribution in [-0.4, -0.2) is 50.4 Å². The van der Waals surface area contributed by atoms with Gasteiger partial charge in [-0.3, -0.25) is 9.78 Å². The maximum absolute atomic E-state index is 14.5. The van der Waals surface area contributed by atoms with Crippen LogP contribution in [0.25, 0.3) is 22.6 Å². The molecule has 0 saturated carbocycles. The number of ether oxygens (including phenoxy) is 2. The number of halogens is 7. The molecule has 1 unspecified atom stereocenters. The minimum Gasteiger partial charge on any atom is -0.355 e. The van der Waals surface area contributed by atoms with Crippen molar-refractivity contribution in [2.45, 2.75) is 50.9 Å². The maximum atomic E-state index is 14.5. The molecule has 0 N–H and O–H groups in total. The highest BCUT2D eigenvalue weighted by atomic mass is 35.5. The van der Waals surface area contributed by atoms with Gasteiger partial charge in [0.25, 0.3) is 0 Å². The molecule has 3 aromatic heterocycles. The first-order valence-corrected chi connectivity index (χ1v) is 15.4. The molecular weight excluding hydrogens is 680 g/mol. The summed E-state index contributed by atoms with van der Waals surface area (Å²) < 4.78 is 100.0. The van der Waals surface area contributed by atoms with Crippen molar-refractivity contribution in [1.82, 2.24) is 25.1 Å². The molecule has 9 nitrogen and oxygen atoms in total. The van der Waals surface area contributed by atoms with E-state index < -0.39 is 42.1 Å². The molecular formula is C33H26ClF6N5O4. The number of nitrogens with zero attached hydrogens (tertiary/aromatic N) is 5. The van der Waals surface area contributed by atoms with Gasteiger partial charge in [0.15, 0.2) is 17.7 Å². The molecule has 1 atom stereocenters. The van der Waals surface area contributed by atoms with Gasteiger partial charge in [-0.25, -0.2) is 4.68 Å². The normalized spacial score (nSPS) is 15.4. The van der Waals surface area contributed by atoms with Gasteiger partial charge in [0.2, 0.25) is 5.78 Å². The lowest BCUT2D eigenvalue weighted by Crippen LogP contribution is -2.23. The van der Waals surface area contributed by atoms with Gasteiger partial charge in [0.05, 0.1) is 40.6 Å². The summed E-state index contributed by atoms with van der Waals surface area (Å²) in [6.45, 7) is 0.0963. The smallest absolute Gasteiger partial charge is 0.355 e. The number of hydrogen-bond donors (Lipinski definition) is 0. The maximum Gasteiger partial charge on any atom is 0.416 e. The molecule has 6 rings (SSSR count). The molecule has 1 aliphatic rings. The molecule has 0 aliphatic carbocycles. The van der Waals surface area contributed by atoms with Gasteiger partial charge in [-0.15, -0.1) is 5.10 Å². The molecule has 0 bridgehead atoms. The van der Waals surface area contributed by atoms with Crippen LogP contribution in [0.1, 0.15) is 57.7 Å². The van der Waals surface area contributed by atoms with Gasteiger partial charge in [-0.1, -0.05) is 34.1 Å². The predicted octanol–water partition coefficient (Wildman–Crippen LogP) is 8.05. The average molecular weight is 706 g/mol. The van der Waals surface area contributed by atoms with E-state index in [1.165, 1.54) is 18.5 Å². The van der Waals surface area contributed by atoms with Gasteiger partial charge < -0.3 is 14.0 Å². The van der Waals surface area contributed by atoms with Crippen LogP contribution in [0.3, 0.4) is 0 Å². The first-order valence-electron chi connectivity index (χ1n) is 15.0. The molecule has 0 amide bonds. The highest BCUT2D eigenvalue weighted by Gasteiger charge is 2.37. The van der Waals surface area contributed by atoms with Gasteiger partial charge in [0.1, 0.15) is 5.69 Å². The van der Waals surface area contributed by atoms with E-state index in [9.17, 15) is 31.1 Å². The van der Waals surface area contributed by atoms with E-state index in [2.05, 4.69) is 20.5 Å². The standard InChI is InChI=1S/C33H26ClF6N5O4/c34-24-8-2-1-7-23(24)31-27(25(43-49-31)10-13-48-26-9-3-4-12-47-26)30(46)28-29(20-6-5-11-41-17-20)45(44-42-28)18-19-14-21(32(35,36)37)16-22(15-19)33(38,39)40/h1-2,5-8,11,14-17,26H,3-4,9-10,12-13,18H2. The van der Waals surface area contributed by atoms with Crippen LogP contribution >= 0.6 is 11.6 Å². The molecule has 0 spiro atoms. The summed E-state index contributed by atoms with van der Waals surface area (Å²) in [6.07, 6.45) is -5.00. The van der Waals surface area contributed by atoms with E-state index >= 15 is 0 Å². The van der Waals surface area contributed by atoms with Gasteiger partial charge in [-0.05, 0) is 67.3 Å². The highest BCUT2D eigenvalue weighted by Crippen LogP contribution is 2.38. The number of carbonyl (C=O) groups excluding carboxylic acids is 1. The Bertz CT molecular complexity index is 1910. The highest BCUT2D eigenvalue weighted by molar-refractivity contribution is 6.33. The number of carbonyl (C=O) groups is 1. The van der Waals surface area contributed by atoms with Crippen molar-refractivity contribution in [3.8, 4) is 22.6 Å². The summed E-state index contributed by atoms with van der Waals surface area (Å²) >= 11 is 6.47. The Morgan fingerprint density at radius 3 is 2.41 bits per heavy atom. The van der Waals surface area contributed by atoms with Crippen molar-refractivity contribution in [2.24, 2.45) is 0 Å². The van der Waals surface area contributed by atoms with E-state index in [4.69, 9.17) is 25.6 Å². The lowest BCUT2D eigenvalue weighted by Gasteiger charge is -2.22. The van der Waals surface area contributed by atoms with E-state index in [-0.39, 0.29) is 63.6 Å². The number of aromatic nitrogens is 5. The summed E-state index contributed by atoms with van der Waals surface area (Å²) in [4.78, 5) is 18.6. The van der Waals surface area contributed by atoms with E-state index in [0.29, 0.717) is 30.7 Å². The third kappa shape index (κ3) is 7.68. The zero-order valence-corrected chi connectivity index (χ0v) is 26.1. The fourth-order valence-electron chi connectivity index (χ4n) is 5.45. The number of benzene rings is 2. The van der Waals surface area contributed by atoms with Crippen LogP contribution in [0.15, 0.2) is 71.5 Å². The van der Waals surface area contributed by atoms with Crippen molar-refractivity contribution < 1.29 is 45.1 Å². The Morgan fingerprint density at radius 1 is 1.00 bits per heavy atom. The fourth-order valence-corrected chi connectivity index (χ4v) is 5.68. The third-order valence-electron chi connectivity index (χ3n) is 7.75. The third-order valence-corrected chi connectivity index (χ3v) is 8.08. The molecule has 1 fully saturated rings. The van der Waals surface area contributed by atoms with E-state index in [1.807, 2.05) is 0 Å². The first kappa shape index (κ1) is 34.3. The van der Waals surface area contributed by atoms with Crippen LogP contribution in [0.5, 0.6) is 0 Å². The van der Waals surface area contributed by atoms with Crippen molar-refractivity contribution in [3.63, 3.8) is 0 Å². The second-order valence-electron chi connectivity index (χ2n) is 11.2. The monoisotopic (exact) mass is 705 g/mol. The molecule has 1 saturated heterocycles. The second-order valence-corrected chi connectivity index (χ2v) is 11.6. The number of hydrogen-bond acceptors (Lipinski definition) is 8. The molecule has 256 valence electrons. The zero-order chi connectivity index (χ0) is 34.8. The van der Waals surface area contributed by atoms with E-state index in [1.54, 1.807) is 30.3 Å².